The number of hydroxylamine groups is 1. The van der Waals surface area contributed by atoms with Crippen LogP contribution in [0.1, 0.15) is 53.9 Å². The number of rotatable bonds is 2. The predicted octanol–water partition coefficient (Wildman–Crippen LogP) is 3.13. The molecule has 3 atom stereocenters. The monoisotopic (exact) mass is 199 g/mol. The summed E-state index contributed by atoms with van der Waals surface area (Å²) in [4.78, 5) is 5.64. The molecule has 1 rings (SSSR count). The summed E-state index contributed by atoms with van der Waals surface area (Å²) in [6.07, 6.45) is 3.95. The van der Waals surface area contributed by atoms with Crippen molar-refractivity contribution in [3.63, 3.8) is 0 Å². The van der Waals surface area contributed by atoms with E-state index in [9.17, 15) is 0 Å². The Balaban J connectivity index is 2.36. The van der Waals surface area contributed by atoms with Crippen LogP contribution in [0.4, 0.5) is 0 Å². The van der Waals surface area contributed by atoms with E-state index in [0.717, 1.165) is 11.8 Å². The first-order valence-corrected chi connectivity index (χ1v) is 5.83. The quantitative estimate of drug-likeness (QED) is 0.690. The van der Waals surface area contributed by atoms with Crippen LogP contribution in [0, 0.1) is 11.8 Å². The van der Waals surface area contributed by atoms with Gasteiger partial charge in [0.15, 0.2) is 0 Å². The van der Waals surface area contributed by atoms with Gasteiger partial charge in [-0.1, -0.05) is 26.7 Å². The van der Waals surface area contributed by atoms with Gasteiger partial charge in [-0.15, -0.1) is 0 Å². The molecule has 84 valence electrons. The van der Waals surface area contributed by atoms with E-state index in [1.807, 2.05) is 0 Å². The molecule has 0 aliphatic heterocycles. The average Bonchev–Trinajstić information content (AvgIpc) is 2.06. The first-order chi connectivity index (χ1) is 6.40. The first-order valence-electron chi connectivity index (χ1n) is 5.83. The molecule has 0 radical (unpaired) electrons. The molecule has 2 heteroatoms. The number of nitrogens with one attached hydrogen (secondary N) is 1. The highest BCUT2D eigenvalue weighted by Crippen LogP contribution is 2.29. The molecule has 0 saturated heterocycles. The van der Waals surface area contributed by atoms with Crippen molar-refractivity contribution in [2.45, 2.75) is 65.5 Å². The Kier molecular flexibility index (Phi) is 3.96. The van der Waals surface area contributed by atoms with E-state index in [1.165, 1.54) is 19.3 Å². The molecule has 0 heterocycles. The minimum Gasteiger partial charge on any atom is -0.296 e. The molecule has 0 bridgehead atoms. The SMILES string of the molecule is CC1CCCC(NOC(C)(C)C)C1C. The average molecular weight is 199 g/mol. The van der Waals surface area contributed by atoms with Crippen molar-refractivity contribution in [1.82, 2.24) is 5.48 Å². The molecule has 2 nitrogen and oxygen atoms in total. The molecule has 3 unspecified atom stereocenters. The molecule has 0 aromatic carbocycles. The Hall–Kier alpha value is -0.0800. The summed E-state index contributed by atoms with van der Waals surface area (Å²) in [7, 11) is 0. The van der Waals surface area contributed by atoms with E-state index in [0.29, 0.717) is 6.04 Å². The third kappa shape index (κ3) is 3.58. The van der Waals surface area contributed by atoms with E-state index in [1.54, 1.807) is 0 Å². The first kappa shape index (κ1) is 12.0. The largest absolute Gasteiger partial charge is 0.296 e. The predicted molar refractivity (Wildman–Crippen MR) is 59.9 cm³/mol. The van der Waals surface area contributed by atoms with Crippen LogP contribution in [0.2, 0.25) is 0 Å². The van der Waals surface area contributed by atoms with Gasteiger partial charge in [0.25, 0.3) is 0 Å². The second kappa shape index (κ2) is 4.63. The zero-order chi connectivity index (χ0) is 10.8. The normalized spacial score (nSPS) is 34.5. The standard InChI is InChI=1S/C12H25NO/c1-9-7-6-8-11(10(9)2)13-14-12(3,4)5/h9-11,13H,6-8H2,1-5H3. The van der Waals surface area contributed by atoms with Crippen molar-refractivity contribution in [2.24, 2.45) is 11.8 Å². The van der Waals surface area contributed by atoms with Gasteiger partial charge in [-0.05, 0) is 39.0 Å². The minimum atomic E-state index is -0.0829. The number of hydrogen-bond donors (Lipinski definition) is 1. The van der Waals surface area contributed by atoms with Crippen LogP contribution in [-0.2, 0) is 4.84 Å². The summed E-state index contributed by atoms with van der Waals surface area (Å²) in [5.41, 5.74) is 3.16. The third-order valence-corrected chi connectivity index (χ3v) is 3.22. The lowest BCUT2D eigenvalue weighted by molar-refractivity contribution is -0.103. The van der Waals surface area contributed by atoms with Crippen molar-refractivity contribution in [1.29, 1.82) is 0 Å². The van der Waals surface area contributed by atoms with Gasteiger partial charge in [-0.3, -0.25) is 4.84 Å². The highest BCUT2D eigenvalue weighted by molar-refractivity contribution is 4.80. The Bertz CT molecular complexity index is 174. The Morgan fingerprint density at radius 3 is 2.36 bits per heavy atom. The number of hydrogen-bond acceptors (Lipinski definition) is 2. The van der Waals surface area contributed by atoms with Gasteiger partial charge in [0.1, 0.15) is 0 Å². The fraction of sp³-hybridized carbons (Fsp3) is 1.00. The maximum absolute atomic E-state index is 5.64. The molecule has 1 aliphatic rings. The second-order valence-electron chi connectivity index (χ2n) is 5.71. The van der Waals surface area contributed by atoms with Crippen LogP contribution in [0.15, 0.2) is 0 Å². The molecule has 0 aromatic rings. The molecular weight excluding hydrogens is 174 g/mol. The highest BCUT2D eigenvalue weighted by atomic mass is 16.7. The summed E-state index contributed by atoms with van der Waals surface area (Å²) in [5, 5.41) is 0. The molecule has 0 amide bonds. The molecule has 14 heavy (non-hydrogen) atoms. The molecule has 1 aliphatic carbocycles. The Morgan fingerprint density at radius 2 is 1.79 bits per heavy atom. The van der Waals surface area contributed by atoms with Crippen LogP contribution >= 0.6 is 0 Å². The van der Waals surface area contributed by atoms with Crippen LogP contribution in [0.5, 0.6) is 0 Å². The summed E-state index contributed by atoms with van der Waals surface area (Å²) >= 11 is 0. The lowest BCUT2D eigenvalue weighted by Crippen LogP contribution is -2.43. The zero-order valence-corrected chi connectivity index (χ0v) is 10.3. The summed E-state index contributed by atoms with van der Waals surface area (Å²) in [6, 6.07) is 0.540. The Morgan fingerprint density at radius 1 is 1.14 bits per heavy atom. The summed E-state index contributed by atoms with van der Waals surface area (Å²) in [5.74, 6) is 1.55. The van der Waals surface area contributed by atoms with E-state index in [2.05, 4.69) is 40.1 Å². The van der Waals surface area contributed by atoms with Crippen molar-refractivity contribution >= 4 is 0 Å². The van der Waals surface area contributed by atoms with Crippen molar-refractivity contribution < 1.29 is 4.84 Å². The smallest absolute Gasteiger partial charge is 0.0813 e. The van der Waals surface area contributed by atoms with Crippen LogP contribution < -0.4 is 5.48 Å². The van der Waals surface area contributed by atoms with Crippen molar-refractivity contribution in [2.75, 3.05) is 0 Å². The van der Waals surface area contributed by atoms with E-state index < -0.39 is 0 Å². The third-order valence-electron chi connectivity index (χ3n) is 3.22. The molecule has 1 saturated carbocycles. The van der Waals surface area contributed by atoms with Gasteiger partial charge < -0.3 is 0 Å². The van der Waals surface area contributed by atoms with Crippen LogP contribution in [0.3, 0.4) is 0 Å². The summed E-state index contributed by atoms with van der Waals surface area (Å²) < 4.78 is 0. The van der Waals surface area contributed by atoms with E-state index in [-0.39, 0.29) is 5.60 Å². The van der Waals surface area contributed by atoms with Crippen LogP contribution in [0.25, 0.3) is 0 Å². The topological polar surface area (TPSA) is 21.3 Å². The second-order valence-corrected chi connectivity index (χ2v) is 5.71. The van der Waals surface area contributed by atoms with E-state index in [4.69, 9.17) is 4.84 Å². The molecular formula is C12H25NO. The molecule has 0 aromatic heterocycles. The lowest BCUT2D eigenvalue weighted by Gasteiger charge is -2.36. The van der Waals surface area contributed by atoms with Crippen molar-refractivity contribution in [3.8, 4) is 0 Å². The zero-order valence-electron chi connectivity index (χ0n) is 10.3. The van der Waals surface area contributed by atoms with Gasteiger partial charge in [0.05, 0.1) is 5.60 Å². The van der Waals surface area contributed by atoms with Gasteiger partial charge in [0, 0.05) is 6.04 Å². The molecule has 1 fully saturated rings. The highest BCUT2D eigenvalue weighted by Gasteiger charge is 2.28. The molecule has 1 N–H and O–H groups in total. The molecule has 0 spiro atoms. The lowest BCUT2D eigenvalue weighted by atomic mass is 9.78. The van der Waals surface area contributed by atoms with E-state index >= 15 is 0 Å². The van der Waals surface area contributed by atoms with Gasteiger partial charge in [0.2, 0.25) is 0 Å². The fourth-order valence-electron chi connectivity index (χ4n) is 2.00. The van der Waals surface area contributed by atoms with Gasteiger partial charge >= 0.3 is 0 Å². The maximum Gasteiger partial charge on any atom is 0.0813 e. The van der Waals surface area contributed by atoms with Gasteiger partial charge in [-0.25, -0.2) is 0 Å². The fourth-order valence-corrected chi connectivity index (χ4v) is 2.00. The van der Waals surface area contributed by atoms with Gasteiger partial charge in [-0.2, -0.15) is 5.48 Å². The Labute approximate surface area is 88.4 Å². The van der Waals surface area contributed by atoms with Crippen LogP contribution in [-0.4, -0.2) is 11.6 Å². The van der Waals surface area contributed by atoms with Crippen molar-refractivity contribution in [3.05, 3.63) is 0 Å². The maximum atomic E-state index is 5.64. The summed E-state index contributed by atoms with van der Waals surface area (Å²) in [6.45, 7) is 10.9. The minimum absolute atomic E-state index is 0.0829.